The summed E-state index contributed by atoms with van der Waals surface area (Å²) < 4.78 is 2.87. The number of rotatable bonds is 3. The summed E-state index contributed by atoms with van der Waals surface area (Å²) in [6, 6.07) is 5.36. The van der Waals surface area contributed by atoms with Gasteiger partial charge in [-0.2, -0.15) is 12.6 Å². The Morgan fingerprint density at radius 2 is 2.11 bits per heavy atom. The Kier molecular flexibility index (Phi) is 5.32. The van der Waals surface area contributed by atoms with Crippen LogP contribution < -0.4 is 5.69 Å². The quantitative estimate of drug-likeness (QED) is 0.689. The molecule has 0 spiro atoms. The molecule has 0 aromatic carbocycles. The minimum atomic E-state index is -0.221. The summed E-state index contributed by atoms with van der Waals surface area (Å²) in [5.41, 5.74) is 0.368. The SMILES string of the molecule is C=Cc1c(N=C)n(C)c(=O)n1-c1ccccn1.CS. The lowest BCUT2D eigenvalue weighted by Gasteiger charge is -2.02. The number of aliphatic imine (C=N–C) groups is 1. The first kappa shape index (κ1) is 15.0. The van der Waals surface area contributed by atoms with Gasteiger partial charge in [0.05, 0.1) is 5.69 Å². The van der Waals surface area contributed by atoms with Crippen LogP contribution in [-0.2, 0) is 7.05 Å². The lowest BCUT2D eigenvalue weighted by molar-refractivity contribution is 0.814. The zero-order valence-corrected chi connectivity index (χ0v) is 11.8. The molecule has 0 bridgehead atoms. The average Bonchev–Trinajstić information content (AvgIpc) is 2.73. The normalized spacial score (nSPS) is 9.42. The molecule has 0 amide bonds. The van der Waals surface area contributed by atoms with Gasteiger partial charge in [0.2, 0.25) is 0 Å². The van der Waals surface area contributed by atoms with E-state index < -0.39 is 0 Å². The molecule has 0 aliphatic carbocycles. The lowest BCUT2D eigenvalue weighted by Crippen LogP contribution is -2.22. The van der Waals surface area contributed by atoms with Crippen LogP contribution in [0.4, 0.5) is 5.82 Å². The van der Waals surface area contributed by atoms with Gasteiger partial charge in [0.15, 0.2) is 5.82 Å². The van der Waals surface area contributed by atoms with E-state index in [-0.39, 0.29) is 5.69 Å². The topological polar surface area (TPSA) is 52.2 Å². The Hall–Kier alpha value is -2.08. The molecule has 0 saturated carbocycles. The zero-order chi connectivity index (χ0) is 14.4. The number of nitrogens with zero attached hydrogens (tertiary/aromatic N) is 4. The second-order valence-corrected chi connectivity index (χ2v) is 3.44. The number of aromatic nitrogens is 3. The van der Waals surface area contributed by atoms with E-state index in [9.17, 15) is 4.79 Å². The molecule has 0 aliphatic rings. The van der Waals surface area contributed by atoms with E-state index >= 15 is 0 Å². The highest BCUT2D eigenvalue weighted by molar-refractivity contribution is 7.79. The molecular weight excluding hydrogens is 260 g/mol. The van der Waals surface area contributed by atoms with E-state index in [1.54, 1.807) is 37.7 Å². The fourth-order valence-corrected chi connectivity index (χ4v) is 1.69. The van der Waals surface area contributed by atoms with Crippen LogP contribution in [0.2, 0.25) is 0 Å². The van der Waals surface area contributed by atoms with Crippen molar-refractivity contribution in [2.24, 2.45) is 12.0 Å². The Morgan fingerprint density at radius 3 is 2.58 bits per heavy atom. The van der Waals surface area contributed by atoms with Gasteiger partial charge in [0, 0.05) is 13.2 Å². The van der Waals surface area contributed by atoms with Crippen molar-refractivity contribution in [2.45, 2.75) is 0 Å². The van der Waals surface area contributed by atoms with E-state index in [0.29, 0.717) is 17.3 Å². The van der Waals surface area contributed by atoms with E-state index in [2.05, 4.69) is 35.9 Å². The van der Waals surface area contributed by atoms with Crippen LogP contribution in [0.3, 0.4) is 0 Å². The monoisotopic (exact) mass is 276 g/mol. The van der Waals surface area contributed by atoms with Gasteiger partial charge in [-0.1, -0.05) is 12.6 Å². The van der Waals surface area contributed by atoms with Crippen molar-refractivity contribution in [2.75, 3.05) is 6.26 Å². The van der Waals surface area contributed by atoms with Gasteiger partial charge in [-0.05, 0) is 31.2 Å². The third-order valence-electron chi connectivity index (χ3n) is 2.49. The van der Waals surface area contributed by atoms with E-state index in [0.717, 1.165) is 0 Å². The molecule has 0 radical (unpaired) electrons. The number of hydrogen-bond donors (Lipinski definition) is 1. The van der Waals surface area contributed by atoms with Crippen LogP contribution in [0.25, 0.3) is 11.9 Å². The molecule has 100 valence electrons. The van der Waals surface area contributed by atoms with Crippen LogP contribution in [0.1, 0.15) is 5.69 Å². The van der Waals surface area contributed by atoms with Crippen molar-refractivity contribution in [3.8, 4) is 5.82 Å². The van der Waals surface area contributed by atoms with Crippen molar-refractivity contribution >= 4 is 31.2 Å². The summed E-state index contributed by atoms with van der Waals surface area (Å²) >= 11 is 3.53. The summed E-state index contributed by atoms with van der Waals surface area (Å²) in [4.78, 5) is 20.1. The predicted molar refractivity (Wildman–Crippen MR) is 83.0 cm³/mol. The molecule has 2 heterocycles. The maximum Gasteiger partial charge on any atom is 0.335 e. The molecule has 0 unspecified atom stereocenters. The molecule has 6 heteroatoms. The Bertz CT molecular complexity index is 628. The van der Waals surface area contributed by atoms with Crippen LogP contribution in [-0.4, -0.2) is 27.1 Å². The molecule has 0 N–H and O–H groups in total. The van der Waals surface area contributed by atoms with Crippen molar-refractivity contribution < 1.29 is 0 Å². The summed E-state index contributed by atoms with van der Waals surface area (Å²) in [5, 5.41) is 0. The highest BCUT2D eigenvalue weighted by Gasteiger charge is 2.16. The molecule has 0 saturated heterocycles. The van der Waals surface area contributed by atoms with Gasteiger partial charge >= 0.3 is 5.69 Å². The number of imidazole rings is 1. The van der Waals surface area contributed by atoms with Gasteiger partial charge < -0.3 is 0 Å². The van der Waals surface area contributed by atoms with Gasteiger partial charge in [0.25, 0.3) is 0 Å². The maximum atomic E-state index is 12.1. The van der Waals surface area contributed by atoms with Crippen molar-refractivity contribution in [3.63, 3.8) is 0 Å². The number of pyridine rings is 1. The molecule has 19 heavy (non-hydrogen) atoms. The summed E-state index contributed by atoms with van der Waals surface area (Å²) in [6.07, 6.45) is 4.89. The smallest absolute Gasteiger partial charge is 0.279 e. The molecule has 2 rings (SSSR count). The van der Waals surface area contributed by atoms with Crippen molar-refractivity contribution in [3.05, 3.63) is 47.2 Å². The van der Waals surface area contributed by atoms with Crippen molar-refractivity contribution in [1.82, 2.24) is 14.1 Å². The van der Waals surface area contributed by atoms with Gasteiger partial charge in [-0.3, -0.25) is 4.57 Å². The minimum absolute atomic E-state index is 0.221. The first-order valence-corrected chi connectivity index (χ1v) is 6.37. The molecule has 2 aromatic rings. The second kappa shape index (κ2) is 6.75. The fourth-order valence-electron chi connectivity index (χ4n) is 1.69. The maximum absolute atomic E-state index is 12.1. The third kappa shape index (κ3) is 2.68. The molecule has 0 atom stereocenters. The predicted octanol–water partition coefficient (Wildman–Crippen LogP) is 2.09. The highest BCUT2D eigenvalue weighted by atomic mass is 32.1. The van der Waals surface area contributed by atoms with Crippen LogP contribution >= 0.6 is 12.6 Å². The Labute approximate surface area is 117 Å². The summed E-state index contributed by atoms with van der Waals surface area (Å²) in [6.45, 7) is 7.15. The largest absolute Gasteiger partial charge is 0.335 e. The third-order valence-corrected chi connectivity index (χ3v) is 2.49. The number of hydrogen-bond acceptors (Lipinski definition) is 4. The van der Waals surface area contributed by atoms with Crippen LogP contribution in [0.15, 0.2) is 40.8 Å². The van der Waals surface area contributed by atoms with E-state index in [4.69, 9.17) is 0 Å². The van der Waals surface area contributed by atoms with E-state index in [1.165, 1.54) is 9.13 Å². The number of thiol groups is 1. The average molecular weight is 276 g/mol. The Balaban J connectivity index is 0.000000861. The second-order valence-electron chi connectivity index (χ2n) is 3.44. The van der Waals surface area contributed by atoms with Crippen molar-refractivity contribution in [1.29, 1.82) is 0 Å². The summed E-state index contributed by atoms with van der Waals surface area (Å²) in [5.74, 6) is 1.02. The lowest BCUT2D eigenvalue weighted by atomic mass is 10.4. The van der Waals surface area contributed by atoms with Crippen LogP contribution in [0, 0.1) is 0 Å². The summed E-state index contributed by atoms with van der Waals surface area (Å²) in [7, 11) is 1.64. The molecule has 2 aromatic heterocycles. The first-order chi connectivity index (χ1) is 9.20. The van der Waals surface area contributed by atoms with Gasteiger partial charge in [0.1, 0.15) is 5.82 Å². The van der Waals surface area contributed by atoms with Gasteiger partial charge in [-0.15, -0.1) is 0 Å². The van der Waals surface area contributed by atoms with Gasteiger partial charge in [-0.25, -0.2) is 19.3 Å². The first-order valence-electron chi connectivity index (χ1n) is 5.47. The Morgan fingerprint density at radius 1 is 1.42 bits per heavy atom. The molecule has 5 nitrogen and oxygen atoms in total. The molecular formula is C13H16N4OS. The van der Waals surface area contributed by atoms with E-state index in [1.807, 2.05) is 6.07 Å². The minimum Gasteiger partial charge on any atom is -0.279 e. The molecule has 0 fully saturated rings. The fraction of sp³-hybridized carbons (Fsp3) is 0.154. The molecule has 0 aliphatic heterocycles. The van der Waals surface area contributed by atoms with Crippen LogP contribution in [0.5, 0.6) is 0 Å². The highest BCUT2D eigenvalue weighted by Crippen LogP contribution is 2.20. The standard InChI is InChI=1S/C12H12N4O.CH4S/c1-4-9-11(13-2)15(3)12(17)16(9)10-7-5-6-8-14-10;1-2/h4-8H,1-2H2,3H3;2H,1H3. The zero-order valence-electron chi connectivity index (χ0n) is 10.9.